The molecule has 2 amide bonds. The van der Waals surface area contributed by atoms with Gasteiger partial charge in [-0.25, -0.2) is 28.9 Å². The molecule has 0 radical (unpaired) electrons. The number of carboxylic acids is 1. The third-order valence-corrected chi connectivity index (χ3v) is 7.58. The van der Waals surface area contributed by atoms with E-state index in [9.17, 15) is 19.1 Å². The molecule has 0 spiro atoms. The summed E-state index contributed by atoms with van der Waals surface area (Å²) in [6, 6.07) is 13.3. The summed E-state index contributed by atoms with van der Waals surface area (Å²) in [7, 11) is 1.76. The summed E-state index contributed by atoms with van der Waals surface area (Å²) in [5.41, 5.74) is 1.74. The summed E-state index contributed by atoms with van der Waals surface area (Å²) in [4.78, 5) is 38.8. The Hall–Kier alpha value is -4.76. The van der Waals surface area contributed by atoms with Crippen LogP contribution in [0.25, 0.3) is 17.2 Å². The van der Waals surface area contributed by atoms with Crippen LogP contribution < -0.4 is 10.6 Å². The third kappa shape index (κ3) is 6.40. The van der Waals surface area contributed by atoms with Crippen molar-refractivity contribution in [3.05, 3.63) is 89.8 Å². The van der Waals surface area contributed by atoms with Gasteiger partial charge < -0.3 is 24.6 Å². The lowest BCUT2D eigenvalue weighted by atomic mass is 10.1. The van der Waals surface area contributed by atoms with Crippen LogP contribution in [0.4, 0.5) is 15.0 Å². The Labute approximate surface area is 257 Å². The maximum atomic E-state index is 14.7. The molecule has 0 saturated carbocycles. The van der Waals surface area contributed by atoms with Gasteiger partial charge in [-0.05, 0) is 37.7 Å². The number of carbonyl (C=O) groups excluding carboxylic acids is 1. The highest BCUT2D eigenvalue weighted by molar-refractivity contribution is 5.95. The molecule has 2 aliphatic rings. The molecule has 5 atom stereocenters. The quantitative estimate of drug-likeness (QED) is 0.240. The molecule has 2 aliphatic heterocycles. The second kappa shape index (κ2) is 13.1. The van der Waals surface area contributed by atoms with Crippen LogP contribution in [-0.2, 0) is 20.8 Å². The normalized spacial score (nSPS) is 22.7. The first-order valence-corrected chi connectivity index (χ1v) is 14.4. The van der Waals surface area contributed by atoms with E-state index in [0.29, 0.717) is 17.7 Å². The molecule has 4 aromatic rings. The first-order chi connectivity index (χ1) is 21.8. The molecule has 234 valence electrons. The van der Waals surface area contributed by atoms with Crippen LogP contribution in [0, 0.1) is 5.82 Å². The lowest BCUT2D eigenvalue weighted by Gasteiger charge is -2.25. The van der Waals surface area contributed by atoms with E-state index < -0.39 is 48.6 Å². The predicted octanol–water partition coefficient (Wildman–Crippen LogP) is 3.66. The van der Waals surface area contributed by atoms with E-state index in [0.717, 1.165) is 5.56 Å². The molecule has 45 heavy (non-hydrogen) atoms. The van der Waals surface area contributed by atoms with E-state index in [4.69, 9.17) is 14.2 Å². The van der Waals surface area contributed by atoms with Gasteiger partial charge >= 0.3 is 12.0 Å². The zero-order chi connectivity index (χ0) is 31.5. The highest BCUT2D eigenvalue weighted by Gasteiger charge is 2.53. The SMILES string of the molecule is CCNC(=O)Nc1ncnc2c1ncn2C1OC(CN(C)Cc2c(F)cccc2C(=O)O)C2O[C@H](C=Cc3ccccc3)OC21. The van der Waals surface area contributed by atoms with Crippen molar-refractivity contribution < 1.29 is 33.3 Å². The van der Waals surface area contributed by atoms with Crippen LogP contribution in [0.2, 0.25) is 0 Å². The third-order valence-electron chi connectivity index (χ3n) is 7.58. The molecular weight excluding hydrogens is 585 g/mol. The van der Waals surface area contributed by atoms with Crippen molar-refractivity contribution in [1.29, 1.82) is 0 Å². The number of hydrogen-bond acceptors (Lipinski definition) is 9. The first-order valence-electron chi connectivity index (χ1n) is 14.4. The van der Waals surface area contributed by atoms with Gasteiger partial charge in [0.25, 0.3) is 0 Å². The number of urea groups is 1. The van der Waals surface area contributed by atoms with Gasteiger partial charge in [-0.15, -0.1) is 0 Å². The van der Waals surface area contributed by atoms with Gasteiger partial charge in [0.1, 0.15) is 30.5 Å². The van der Waals surface area contributed by atoms with E-state index in [-0.39, 0.29) is 30.0 Å². The minimum Gasteiger partial charge on any atom is -0.478 e. The molecular formula is C31H32FN7O6. The predicted molar refractivity (Wildman–Crippen MR) is 161 cm³/mol. The highest BCUT2D eigenvalue weighted by Crippen LogP contribution is 2.41. The Morgan fingerprint density at radius 1 is 1.07 bits per heavy atom. The topological polar surface area (TPSA) is 153 Å². The Kier molecular flexibility index (Phi) is 8.80. The summed E-state index contributed by atoms with van der Waals surface area (Å²) in [5.74, 6) is -1.56. The van der Waals surface area contributed by atoms with E-state index in [2.05, 4.69) is 25.6 Å². The molecule has 4 unspecified atom stereocenters. The Balaban J connectivity index is 1.27. The Bertz CT molecular complexity index is 1720. The molecule has 13 nitrogen and oxygen atoms in total. The number of rotatable bonds is 10. The maximum Gasteiger partial charge on any atom is 0.336 e. The molecule has 0 bridgehead atoms. The molecule has 6 rings (SSSR count). The molecule has 2 saturated heterocycles. The van der Waals surface area contributed by atoms with Crippen molar-refractivity contribution in [2.75, 3.05) is 25.5 Å². The fourth-order valence-electron chi connectivity index (χ4n) is 5.58. The average molecular weight is 618 g/mol. The summed E-state index contributed by atoms with van der Waals surface area (Å²) in [6.07, 6.45) is 3.55. The number of ether oxygens (including phenoxy) is 3. The molecule has 2 aromatic carbocycles. The number of likely N-dealkylation sites (N-methyl/N-ethyl adjacent to an activating group) is 1. The Morgan fingerprint density at radius 2 is 1.87 bits per heavy atom. The number of carbonyl (C=O) groups is 2. The summed E-state index contributed by atoms with van der Waals surface area (Å²) >= 11 is 0. The van der Waals surface area contributed by atoms with Gasteiger partial charge in [-0.3, -0.25) is 14.8 Å². The highest BCUT2D eigenvalue weighted by atomic mass is 19.1. The number of hydrogen-bond donors (Lipinski definition) is 3. The summed E-state index contributed by atoms with van der Waals surface area (Å²) in [6.45, 7) is 2.55. The maximum absolute atomic E-state index is 14.7. The smallest absolute Gasteiger partial charge is 0.336 e. The first kappa shape index (κ1) is 30.3. The van der Waals surface area contributed by atoms with Crippen LogP contribution in [0.3, 0.4) is 0 Å². The van der Waals surface area contributed by atoms with Crippen molar-refractivity contribution in [3.8, 4) is 0 Å². The number of aromatic carboxylic acids is 1. The van der Waals surface area contributed by atoms with Crippen molar-refractivity contribution in [3.63, 3.8) is 0 Å². The van der Waals surface area contributed by atoms with Crippen LogP contribution in [0.5, 0.6) is 0 Å². The number of nitrogens with one attached hydrogen (secondary N) is 2. The number of halogens is 1. The number of nitrogens with zero attached hydrogens (tertiary/aromatic N) is 5. The second-order valence-electron chi connectivity index (χ2n) is 10.7. The minimum atomic E-state index is -1.20. The van der Waals surface area contributed by atoms with E-state index >= 15 is 0 Å². The minimum absolute atomic E-state index is 0.0322. The van der Waals surface area contributed by atoms with Gasteiger partial charge in [0.05, 0.1) is 11.9 Å². The van der Waals surface area contributed by atoms with Crippen molar-refractivity contribution in [2.24, 2.45) is 0 Å². The zero-order valence-electron chi connectivity index (χ0n) is 24.5. The number of imidazole rings is 1. The number of amides is 2. The van der Waals surface area contributed by atoms with Gasteiger partial charge in [-0.1, -0.05) is 42.5 Å². The van der Waals surface area contributed by atoms with Crippen molar-refractivity contribution >= 4 is 35.1 Å². The van der Waals surface area contributed by atoms with Crippen LogP contribution in [0.15, 0.2) is 67.3 Å². The molecule has 2 fully saturated rings. The van der Waals surface area contributed by atoms with Crippen molar-refractivity contribution in [1.82, 2.24) is 29.7 Å². The summed E-state index contributed by atoms with van der Waals surface area (Å²) < 4.78 is 35.6. The molecule has 3 N–H and O–H groups in total. The standard InChI is InChI=1S/C31H32FN7O6/c1-3-33-31(42)37-27-24-28(35-16-34-27)39(17-36-24)29-26-25(44-23(45-26)13-12-18-8-5-4-6-9-18)22(43-29)15-38(2)14-20-19(30(40)41)10-7-11-21(20)32/h4-13,16-17,22-23,25-26,29H,3,14-15H2,1-2H3,(H,40,41)(H2,33,34,35,37,42)/t22?,23-,25?,26?,29?/m0/s1. The van der Waals surface area contributed by atoms with E-state index in [1.165, 1.54) is 24.5 Å². The molecule has 0 aliphatic carbocycles. The van der Waals surface area contributed by atoms with E-state index in [1.54, 1.807) is 29.8 Å². The van der Waals surface area contributed by atoms with Crippen LogP contribution in [-0.4, -0.2) is 86.3 Å². The number of benzene rings is 2. The number of anilines is 1. The molecule has 14 heteroatoms. The van der Waals surface area contributed by atoms with Crippen LogP contribution >= 0.6 is 0 Å². The van der Waals surface area contributed by atoms with Crippen LogP contribution in [0.1, 0.15) is 34.6 Å². The number of fused-ring (bicyclic) bond motifs is 2. The number of aromatic nitrogens is 4. The second-order valence-corrected chi connectivity index (χ2v) is 10.7. The zero-order valence-corrected chi connectivity index (χ0v) is 24.5. The fourth-order valence-corrected chi connectivity index (χ4v) is 5.58. The lowest BCUT2D eigenvalue weighted by Crippen LogP contribution is -2.37. The van der Waals surface area contributed by atoms with Gasteiger partial charge in [0.15, 0.2) is 29.5 Å². The van der Waals surface area contributed by atoms with E-state index in [1.807, 2.05) is 42.5 Å². The summed E-state index contributed by atoms with van der Waals surface area (Å²) in [5, 5.41) is 14.9. The van der Waals surface area contributed by atoms with Gasteiger partial charge in [-0.2, -0.15) is 0 Å². The average Bonchev–Trinajstić information content (AvgIpc) is 3.72. The Morgan fingerprint density at radius 3 is 2.64 bits per heavy atom. The molecule has 4 heterocycles. The fraction of sp³-hybridized carbons (Fsp3) is 0.323. The molecule has 2 aromatic heterocycles. The monoisotopic (exact) mass is 617 g/mol. The van der Waals surface area contributed by atoms with Gasteiger partial charge in [0, 0.05) is 25.2 Å². The van der Waals surface area contributed by atoms with Gasteiger partial charge in [0.2, 0.25) is 0 Å². The number of carboxylic acid groups (broad SMARTS) is 1. The lowest BCUT2D eigenvalue weighted by molar-refractivity contribution is -0.129. The van der Waals surface area contributed by atoms with Crippen molar-refractivity contribution in [2.45, 2.75) is 44.3 Å². The largest absolute Gasteiger partial charge is 0.478 e.